The Hall–Kier alpha value is -2.30. The van der Waals surface area contributed by atoms with Crippen molar-refractivity contribution in [1.82, 2.24) is 4.98 Å². The van der Waals surface area contributed by atoms with Crippen molar-refractivity contribution < 1.29 is 14.6 Å². The molecule has 0 spiro atoms. The minimum atomic E-state index is -0.663. The Morgan fingerprint density at radius 2 is 2.25 bits per heavy atom. The van der Waals surface area contributed by atoms with Gasteiger partial charge in [-0.3, -0.25) is 4.79 Å². The van der Waals surface area contributed by atoms with E-state index in [0.29, 0.717) is 16.7 Å². The van der Waals surface area contributed by atoms with Gasteiger partial charge in [0.1, 0.15) is 22.7 Å². The second-order valence-electron chi connectivity index (χ2n) is 3.25. The fourth-order valence-electron chi connectivity index (χ4n) is 1.50. The maximum atomic E-state index is 11.0. The number of rotatable bonds is 2. The molecular weight excluding hydrogens is 208 g/mol. The van der Waals surface area contributed by atoms with Crippen LogP contribution in [0.5, 0.6) is 11.5 Å². The summed E-state index contributed by atoms with van der Waals surface area (Å²) in [6.45, 7) is 0. The Bertz CT molecular complexity index is 566. The number of fused-ring (bicyclic) bond motifs is 1. The molecule has 16 heavy (non-hydrogen) atoms. The van der Waals surface area contributed by atoms with Gasteiger partial charge in [-0.15, -0.1) is 0 Å². The fraction of sp³-hybridized carbons (Fsp3) is 0.0909. The highest BCUT2D eigenvalue weighted by molar-refractivity contribution is 5.97. The number of methoxy groups -OCH3 is 1. The Balaban J connectivity index is 2.84. The van der Waals surface area contributed by atoms with Crippen molar-refractivity contribution >= 4 is 16.8 Å². The van der Waals surface area contributed by atoms with Crippen LogP contribution in [0.1, 0.15) is 10.5 Å². The topological polar surface area (TPSA) is 85.4 Å². The van der Waals surface area contributed by atoms with Crippen LogP contribution in [0, 0.1) is 0 Å². The van der Waals surface area contributed by atoms with Crippen LogP contribution in [-0.4, -0.2) is 23.1 Å². The first kappa shape index (κ1) is 10.2. The van der Waals surface area contributed by atoms with Crippen LogP contribution in [-0.2, 0) is 0 Å². The number of ether oxygens (including phenoxy) is 1. The van der Waals surface area contributed by atoms with Crippen molar-refractivity contribution in [3.8, 4) is 11.5 Å². The SMILES string of the molecule is COc1cc(C(N)=O)nc2c(O)cccc12. The molecule has 1 aromatic carbocycles. The molecule has 0 saturated heterocycles. The van der Waals surface area contributed by atoms with Gasteiger partial charge in [-0.2, -0.15) is 0 Å². The predicted octanol–water partition coefficient (Wildman–Crippen LogP) is 1.05. The van der Waals surface area contributed by atoms with Gasteiger partial charge in [0.05, 0.1) is 7.11 Å². The molecule has 0 fully saturated rings. The zero-order chi connectivity index (χ0) is 11.7. The van der Waals surface area contributed by atoms with Gasteiger partial charge in [0.15, 0.2) is 0 Å². The van der Waals surface area contributed by atoms with Crippen LogP contribution in [0.15, 0.2) is 24.3 Å². The molecule has 0 bridgehead atoms. The Labute approximate surface area is 91.5 Å². The third-order valence-electron chi connectivity index (χ3n) is 2.25. The molecule has 0 saturated carbocycles. The molecule has 0 atom stereocenters. The Morgan fingerprint density at radius 1 is 1.50 bits per heavy atom. The van der Waals surface area contributed by atoms with Gasteiger partial charge in [-0.1, -0.05) is 6.07 Å². The van der Waals surface area contributed by atoms with Crippen LogP contribution < -0.4 is 10.5 Å². The highest BCUT2D eigenvalue weighted by Crippen LogP contribution is 2.30. The fourth-order valence-corrected chi connectivity index (χ4v) is 1.50. The van der Waals surface area contributed by atoms with Crippen molar-refractivity contribution in [3.05, 3.63) is 30.0 Å². The monoisotopic (exact) mass is 218 g/mol. The van der Waals surface area contributed by atoms with E-state index in [1.165, 1.54) is 19.2 Å². The number of aromatic nitrogens is 1. The summed E-state index contributed by atoms with van der Waals surface area (Å²) in [7, 11) is 1.48. The zero-order valence-electron chi connectivity index (χ0n) is 8.60. The second kappa shape index (κ2) is 3.69. The minimum absolute atomic E-state index is 0.0149. The maximum Gasteiger partial charge on any atom is 0.267 e. The van der Waals surface area contributed by atoms with E-state index < -0.39 is 5.91 Å². The van der Waals surface area contributed by atoms with E-state index in [4.69, 9.17) is 10.5 Å². The number of hydrogen-bond acceptors (Lipinski definition) is 4. The van der Waals surface area contributed by atoms with Gasteiger partial charge in [0.25, 0.3) is 5.91 Å². The number of amides is 1. The average molecular weight is 218 g/mol. The Kier molecular flexibility index (Phi) is 2.36. The number of phenolic OH excluding ortho intramolecular Hbond substituents is 1. The lowest BCUT2D eigenvalue weighted by molar-refractivity contribution is 0.0995. The van der Waals surface area contributed by atoms with E-state index >= 15 is 0 Å². The van der Waals surface area contributed by atoms with E-state index in [-0.39, 0.29) is 11.4 Å². The lowest BCUT2D eigenvalue weighted by atomic mass is 10.1. The number of primary amides is 1. The maximum absolute atomic E-state index is 11.0. The number of benzene rings is 1. The number of pyridine rings is 1. The number of nitrogens with two attached hydrogens (primary N) is 1. The molecule has 5 heteroatoms. The molecule has 3 N–H and O–H groups in total. The second-order valence-corrected chi connectivity index (χ2v) is 3.25. The predicted molar refractivity (Wildman–Crippen MR) is 58.5 cm³/mol. The first-order valence-corrected chi connectivity index (χ1v) is 4.60. The van der Waals surface area contributed by atoms with Gasteiger partial charge in [-0.05, 0) is 12.1 Å². The highest BCUT2D eigenvalue weighted by Gasteiger charge is 2.11. The molecule has 2 aromatic rings. The van der Waals surface area contributed by atoms with Gasteiger partial charge < -0.3 is 15.6 Å². The van der Waals surface area contributed by atoms with E-state index in [2.05, 4.69) is 4.98 Å². The van der Waals surface area contributed by atoms with Gasteiger partial charge in [-0.25, -0.2) is 4.98 Å². The summed E-state index contributed by atoms with van der Waals surface area (Å²) in [5, 5.41) is 10.3. The molecule has 0 aliphatic heterocycles. The minimum Gasteiger partial charge on any atom is -0.506 e. The summed E-state index contributed by atoms with van der Waals surface area (Å²) in [5.41, 5.74) is 5.50. The third kappa shape index (κ3) is 1.52. The van der Waals surface area contributed by atoms with E-state index in [1.54, 1.807) is 12.1 Å². The lowest BCUT2D eigenvalue weighted by Crippen LogP contribution is -2.13. The van der Waals surface area contributed by atoms with Crippen LogP contribution >= 0.6 is 0 Å². The lowest BCUT2D eigenvalue weighted by Gasteiger charge is -2.07. The molecule has 1 aromatic heterocycles. The van der Waals surface area contributed by atoms with Crippen molar-refractivity contribution in [1.29, 1.82) is 0 Å². The van der Waals surface area contributed by atoms with Gasteiger partial charge in [0, 0.05) is 11.5 Å². The summed E-state index contributed by atoms with van der Waals surface area (Å²) in [6.07, 6.45) is 0. The Morgan fingerprint density at radius 3 is 2.88 bits per heavy atom. The molecule has 1 heterocycles. The molecule has 0 aliphatic rings. The normalized spacial score (nSPS) is 10.3. The van der Waals surface area contributed by atoms with Crippen molar-refractivity contribution in [3.63, 3.8) is 0 Å². The summed E-state index contributed by atoms with van der Waals surface area (Å²) < 4.78 is 5.11. The van der Waals surface area contributed by atoms with E-state index in [1.807, 2.05) is 0 Å². The number of para-hydroxylation sites is 1. The molecule has 1 amide bonds. The molecule has 82 valence electrons. The summed E-state index contributed by atoms with van der Waals surface area (Å²) in [5.74, 6) is -0.225. The standard InChI is InChI=1S/C11H10N2O3/c1-16-9-5-7(11(12)15)13-10-6(9)3-2-4-8(10)14/h2-5,14H,1H3,(H2,12,15). The number of carbonyl (C=O) groups excluding carboxylic acids is 1. The van der Waals surface area contributed by atoms with Crippen LogP contribution in [0.25, 0.3) is 10.9 Å². The molecule has 5 nitrogen and oxygen atoms in total. The molecule has 0 unspecified atom stereocenters. The quantitative estimate of drug-likeness (QED) is 0.788. The largest absolute Gasteiger partial charge is 0.506 e. The number of hydrogen-bond donors (Lipinski definition) is 2. The smallest absolute Gasteiger partial charge is 0.267 e. The van der Waals surface area contributed by atoms with Crippen molar-refractivity contribution in [2.24, 2.45) is 5.73 Å². The van der Waals surface area contributed by atoms with Gasteiger partial charge in [0.2, 0.25) is 0 Å². The van der Waals surface area contributed by atoms with Crippen molar-refractivity contribution in [2.45, 2.75) is 0 Å². The number of carbonyl (C=O) groups is 1. The van der Waals surface area contributed by atoms with Gasteiger partial charge >= 0.3 is 0 Å². The van der Waals surface area contributed by atoms with Crippen LogP contribution in [0.2, 0.25) is 0 Å². The van der Waals surface area contributed by atoms with Crippen LogP contribution in [0.4, 0.5) is 0 Å². The average Bonchev–Trinajstić information content (AvgIpc) is 2.28. The molecule has 2 rings (SSSR count). The summed E-state index contributed by atoms with van der Waals surface area (Å²) in [6, 6.07) is 6.35. The van der Waals surface area contributed by atoms with Crippen molar-refractivity contribution in [2.75, 3.05) is 7.11 Å². The van der Waals surface area contributed by atoms with E-state index in [0.717, 1.165) is 0 Å². The number of aromatic hydroxyl groups is 1. The first-order chi connectivity index (χ1) is 7.63. The zero-order valence-corrected chi connectivity index (χ0v) is 8.60. The molecule has 0 aliphatic carbocycles. The highest BCUT2D eigenvalue weighted by atomic mass is 16.5. The summed E-state index contributed by atoms with van der Waals surface area (Å²) >= 11 is 0. The summed E-state index contributed by atoms with van der Waals surface area (Å²) in [4.78, 5) is 15.0. The molecule has 0 radical (unpaired) electrons. The van der Waals surface area contributed by atoms with E-state index in [9.17, 15) is 9.90 Å². The number of nitrogens with zero attached hydrogens (tertiary/aromatic N) is 1. The number of phenols is 1. The van der Waals surface area contributed by atoms with Crippen LogP contribution in [0.3, 0.4) is 0 Å². The first-order valence-electron chi connectivity index (χ1n) is 4.60. The molecular formula is C11H10N2O3. The third-order valence-corrected chi connectivity index (χ3v) is 2.25.